The number of anilines is 1. The number of aryl methyl sites for hydroxylation is 1. The first-order chi connectivity index (χ1) is 6.63. The van der Waals surface area contributed by atoms with Crippen molar-refractivity contribution in [2.75, 3.05) is 5.32 Å². The predicted octanol–water partition coefficient (Wildman–Crippen LogP) is 3.24. The van der Waals surface area contributed by atoms with Gasteiger partial charge in [-0.25, -0.2) is 0 Å². The lowest BCUT2D eigenvalue weighted by atomic mass is 10.0. The van der Waals surface area contributed by atoms with Crippen LogP contribution in [0.3, 0.4) is 0 Å². The van der Waals surface area contributed by atoms with Gasteiger partial charge in [-0.2, -0.15) is 0 Å². The van der Waals surface area contributed by atoms with Crippen LogP contribution in [0.15, 0.2) is 18.3 Å². The Hall–Kier alpha value is -1.05. The molecule has 0 bridgehead atoms. The van der Waals surface area contributed by atoms with Gasteiger partial charge >= 0.3 is 0 Å². The van der Waals surface area contributed by atoms with Crippen molar-refractivity contribution in [1.29, 1.82) is 0 Å². The average Bonchev–Trinajstić information content (AvgIpc) is 2.16. The molecule has 0 aromatic carbocycles. The van der Waals surface area contributed by atoms with E-state index in [-0.39, 0.29) is 0 Å². The molecule has 1 rings (SSSR count). The Morgan fingerprint density at radius 1 is 1.43 bits per heavy atom. The zero-order valence-corrected chi connectivity index (χ0v) is 9.54. The Labute approximate surface area is 86.8 Å². The predicted molar refractivity (Wildman–Crippen MR) is 61.5 cm³/mol. The summed E-state index contributed by atoms with van der Waals surface area (Å²) in [5.41, 5.74) is 2.23. The minimum Gasteiger partial charge on any atom is -0.382 e. The van der Waals surface area contributed by atoms with E-state index in [1.807, 2.05) is 19.2 Å². The van der Waals surface area contributed by atoms with Crippen molar-refractivity contribution in [2.24, 2.45) is 5.92 Å². The van der Waals surface area contributed by atoms with E-state index in [0.717, 1.165) is 5.69 Å². The maximum absolute atomic E-state index is 4.17. The van der Waals surface area contributed by atoms with Crippen LogP contribution in [0.5, 0.6) is 0 Å². The van der Waals surface area contributed by atoms with Gasteiger partial charge in [-0.1, -0.05) is 20.3 Å². The fraction of sp³-hybridized carbons (Fsp3) is 0.583. The highest BCUT2D eigenvalue weighted by Gasteiger charge is 2.09. The molecule has 1 heterocycles. The number of hydrogen-bond donors (Lipinski definition) is 1. The fourth-order valence-corrected chi connectivity index (χ4v) is 1.39. The van der Waals surface area contributed by atoms with Crippen LogP contribution in [0.2, 0.25) is 0 Å². The molecule has 0 aliphatic carbocycles. The molecule has 2 nitrogen and oxygen atoms in total. The molecule has 0 fully saturated rings. The molecule has 0 spiro atoms. The molecule has 0 radical (unpaired) electrons. The second-order valence-corrected chi connectivity index (χ2v) is 4.00. The molecule has 78 valence electrons. The number of aromatic nitrogens is 1. The molecule has 2 atom stereocenters. The molecule has 2 unspecified atom stereocenters. The van der Waals surface area contributed by atoms with Gasteiger partial charge in [0.25, 0.3) is 0 Å². The van der Waals surface area contributed by atoms with E-state index in [4.69, 9.17) is 0 Å². The van der Waals surface area contributed by atoms with Crippen LogP contribution < -0.4 is 5.32 Å². The topological polar surface area (TPSA) is 24.9 Å². The van der Waals surface area contributed by atoms with Crippen LogP contribution >= 0.6 is 0 Å². The summed E-state index contributed by atoms with van der Waals surface area (Å²) in [7, 11) is 0. The van der Waals surface area contributed by atoms with Crippen LogP contribution in [0, 0.1) is 12.8 Å². The van der Waals surface area contributed by atoms with Crippen molar-refractivity contribution in [3.05, 3.63) is 24.0 Å². The van der Waals surface area contributed by atoms with Crippen LogP contribution in [0.4, 0.5) is 5.69 Å². The third-order valence-electron chi connectivity index (χ3n) is 2.79. The molecule has 0 amide bonds. The molecule has 0 aliphatic rings. The van der Waals surface area contributed by atoms with Gasteiger partial charge in [-0.3, -0.25) is 4.98 Å². The smallest absolute Gasteiger partial charge is 0.0393 e. The number of pyridine rings is 1. The van der Waals surface area contributed by atoms with Gasteiger partial charge in [-0.15, -0.1) is 0 Å². The Bertz CT molecular complexity index is 283. The van der Waals surface area contributed by atoms with Crippen molar-refractivity contribution in [2.45, 2.75) is 40.2 Å². The van der Waals surface area contributed by atoms with Crippen LogP contribution in [0.1, 0.15) is 32.9 Å². The Balaban J connectivity index is 2.60. The number of rotatable bonds is 4. The third-order valence-corrected chi connectivity index (χ3v) is 2.79. The molecule has 0 saturated carbocycles. The number of nitrogens with one attached hydrogen (secondary N) is 1. The highest BCUT2D eigenvalue weighted by Crippen LogP contribution is 2.14. The van der Waals surface area contributed by atoms with Crippen molar-refractivity contribution < 1.29 is 0 Å². The molecular weight excluding hydrogens is 172 g/mol. The summed E-state index contributed by atoms with van der Waals surface area (Å²) in [4.78, 5) is 4.17. The zero-order chi connectivity index (χ0) is 10.6. The van der Waals surface area contributed by atoms with E-state index in [2.05, 4.69) is 37.1 Å². The summed E-state index contributed by atoms with van der Waals surface area (Å²) in [5, 5.41) is 3.49. The van der Waals surface area contributed by atoms with Crippen LogP contribution in [0.25, 0.3) is 0 Å². The number of hydrogen-bond acceptors (Lipinski definition) is 2. The summed E-state index contributed by atoms with van der Waals surface area (Å²) in [5.74, 6) is 0.698. The second kappa shape index (κ2) is 4.99. The van der Waals surface area contributed by atoms with Gasteiger partial charge in [-0.05, 0) is 31.9 Å². The van der Waals surface area contributed by atoms with E-state index in [9.17, 15) is 0 Å². The summed E-state index contributed by atoms with van der Waals surface area (Å²) in [6, 6.07) is 4.62. The van der Waals surface area contributed by atoms with E-state index >= 15 is 0 Å². The van der Waals surface area contributed by atoms with E-state index in [0.29, 0.717) is 12.0 Å². The molecule has 14 heavy (non-hydrogen) atoms. The minimum atomic E-state index is 0.516. The molecule has 1 aromatic rings. The summed E-state index contributed by atoms with van der Waals surface area (Å²) in [6.45, 7) is 8.73. The molecule has 2 heteroatoms. The van der Waals surface area contributed by atoms with Gasteiger partial charge in [0.2, 0.25) is 0 Å². The normalized spacial score (nSPS) is 14.9. The van der Waals surface area contributed by atoms with Crippen molar-refractivity contribution in [1.82, 2.24) is 4.98 Å². The highest BCUT2D eigenvalue weighted by atomic mass is 14.9. The zero-order valence-electron chi connectivity index (χ0n) is 9.54. The van der Waals surface area contributed by atoms with E-state index < -0.39 is 0 Å². The highest BCUT2D eigenvalue weighted by molar-refractivity contribution is 5.43. The van der Waals surface area contributed by atoms with E-state index in [1.54, 1.807) is 0 Å². The minimum absolute atomic E-state index is 0.516. The Kier molecular flexibility index (Phi) is 3.93. The maximum Gasteiger partial charge on any atom is 0.0393 e. The molecule has 1 aromatic heterocycles. The second-order valence-electron chi connectivity index (χ2n) is 4.00. The van der Waals surface area contributed by atoms with Crippen molar-refractivity contribution in [3.63, 3.8) is 0 Å². The first-order valence-electron chi connectivity index (χ1n) is 5.32. The third kappa shape index (κ3) is 3.02. The first-order valence-corrected chi connectivity index (χ1v) is 5.32. The van der Waals surface area contributed by atoms with Crippen molar-refractivity contribution in [3.8, 4) is 0 Å². The van der Waals surface area contributed by atoms with Gasteiger partial charge < -0.3 is 5.32 Å². The van der Waals surface area contributed by atoms with Gasteiger partial charge in [0.15, 0.2) is 0 Å². The summed E-state index contributed by atoms with van der Waals surface area (Å²) >= 11 is 0. The molecule has 1 N–H and O–H groups in total. The lowest BCUT2D eigenvalue weighted by Gasteiger charge is -2.21. The Morgan fingerprint density at radius 2 is 2.14 bits per heavy atom. The van der Waals surface area contributed by atoms with Gasteiger partial charge in [0.05, 0.1) is 0 Å². The Morgan fingerprint density at radius 3 is 2.71 bits per heavy atom. The van der Waals surface area contributed by atoms with E-state index in [1.165, 1.54) is 12.1 Å². The summed E-state index contributed by atoms with van der Waals surface area (Å²) in [6.07, 6.45) is 3.05. The molecular formula is C12H20N2. The average molecular weight is 192 g/mol. The first kappa shape index (κ1) is 11.0. The number of nitrogens with zero attached hydrogens (tertiary/aromatic N) is 1. The fourth-order valence-electron chi connectivity index (χ4n) is 1.39. The lowest BCUT2D eigenvalue weighted by molar-refractivity contribution is 0.494. The monoisotopic (exact) mass is 192 g/mol. The summed E-state index contributed by atoms with van der Waals surface area (Å²) < 4.78 is 0. The van der Waals surface area contributed by atoms with Gasteiger partial charge in [0, 0.05) is 23.6 Å². The maximum atomic E-state index is 4.17. The van der Waals surface area contributed by atoms with Crippen LogP contribution in [-0.4, -0.2) is 11.0 Å². The van der Waals surface area contributed by atoms with Gasteiger partial charge in [0.1, 0.15) is 0 Å². The van der Waals surface area contributed by atoms with Crippen molar-refractivity contribution >= 4 is 5.69 Å². The molecule has 0 saturated heterocycles. The standard InChI is InChI=1S/C12H20N2/c1-5-9(2)11(4)14-12-6-7-13-10(3)8-12/h6-9,11H,5H2,1-4H3,(H,13,14). The van der Waals surface area contributed by atoms with Crippen LogP contribution in [-0.2, 0) is 0 Å². The lowest BCUT2D eigenvalue weighted by Crippen LogP contribution is -2.23. The molecule has 0 aliphatic heterocycles. The SMILES string of the molecule is CCC(C)C(C)Nc1ccnc(C)c1. The largest absolute Gasteiger partial charge is 0.382 e. The quantitative estimate of drug-likeness (QED) is 0.792.